The van der Waals surface area contributed by atoms with Gasteiger partial charge in [-0.15, -0.1) is 0 Å². The van der Waals surface area contributed by atoms with E-state index in [1.807, 2.05) is 26.0 Å². The zero-order valence-electron chi connectivity index (χ0n) is 15.9. The van der Waals surface area contributed by atoms with Crippen molar-refractivity contribution in [2.75, 3.05) is 13.8 Å². The van der Waals surface area contributed by atoms with Gasteiger partial charge in [0.25, 0.3) is 17.4 Å². The summed E-state index contributed by atoms with van der Waals surface area (Å²) in [4.78, 5) is 32.1. The Kier molecular flexibility index (Phi) is 3.41. The van der Waals surface area contributed by atoms with Crippen molar-refractivity contribution >= 4 is 33.4 Å². The number of hydrogen-bond donors (Lipinski definition) is 0. The zero-order valence-corrected chi connectivity index (χ0v) is 17.6. The van der Waals surface area contributed by atoms with Crippen molar-refractivity contribution in [3.8, 4) is 11.5 Å². The molecule has 4 fully saturated rings. The van der Waals surface area contributed by atoms with Crippen molar-refractivity contribution in [3.05, 3.63) is 34.7 Å². The quantitative estimate of drug-likeness (QED) is 0.517. The van der Waals surface area contributed by atoms with Crippen LogP contribution in [0.4, 0.5) is 0 Å². The van der Waals surface area contributed by atoms with E-state index in [4.69, 9.17) is 16.0 Å². The van der Waals surface area contributed by atoms with Gasteiger partial charge >= 0.3 is 0 Å². The second-order valence-electron chi connectivity index (χ2n) is 8.09. The molecule has 5 aliphatic rings. The lowest BCUT2D eigenvalue weighted by atomic mass is 9.86. The number of aryl methyl sites for hydroxylation is 1. The van der Waals surface area contributed by atoms with Crippen LogP contribution in [0.1, 0.15) is 37.4 Å². The summed E-state index contributed by atoms with van der Waals surface area (Å²) < 4.78 is 11.1. The van der Waals surface area contributed by atoms with Crippen LogP contribution in [0.15, 0.2) is 12.1 Å². The van der Waals surface area contributed by atoms with Gasteiger partial charge in [0, 0.05) is 14.0 Å². The number of carbonyl (C=O) groups is 2. The number of carbonyl (C=O) groups excluding carboxylic acids is 2. The van der Waals surface area contributed by atoms with Crippen LogP contribution < -0.4 is 9.47 Å². The molecule has 4 saturated heterocycles. The van der Waals surface area contributed by atoms with Crippen LogP contribution in [0.5, 0.6) is 11.5 Å². The highest BCUT2D eigenvalue weighted by Gasteiger charge is 2.77. The Morgan fingerprint density at radius 1 is 1.21 bits per heavy atom. The van der Waals surface area contributed by atoms with E-state index in [0.29, 0.717) is 17.9 Å². The third-order valence-corrected chi connectivity index (χ3v) is 10.0. The summed E-state index contributed by atoms with van der Waals surface area (Å²) in [6.45, 7) is 13.6. The van der Waals surface area contributed by atoms with Crippen LogP contribution in [-0.2, 0) is 9.59 Å². The summed E-state index contributed by atoms with van der Waals surface area (Å²) in [6, 6.07) is 3.27. The average Bonchev–Trinajstić information content (AvgIpc) is 3.24. The first-order valence-electron chi connectivity index (χ1n) is 8.95. The van der Waals surface area contributed by atoms with Gasteiger partial charge in [-0.2, -0.15) is 0 Å². The minimum Gasteiger partial charge on any atom is -0.454 e. The van der Waals surface area contributed by atoms with E-state index in [-0.39, 0.29) is 18.6 Å². The largest absolute Gasteiger partial charge is 0.454 e. The molecule has 5 aliphatic heterocycles. The van der Waals surface area contributed by atoms with Gasteiger partial charge in [0.2, 0.25) is 6.79 Å². The summed E-state index contributed by atoms with van der Waals surface area (Å²) in [5.41, 5.74) is 0.780. The standard InChI is InChI=1S/C19H19N3O4S2/c1-10-6-11(7-12-13(10)26-9-25-12)14-17(2,20-4)8-19-16(24)21(5)18(3,27-28-19)15(23)22(14)19/h6-7,14H,8-9H2,1-3,5H3/t14?,17-,18-,19-/m0/s1. The first kappa shape index (κ1) is 18.0. The Morgan fingerprint density at radius 2 is 1.96 bits per heavy atom. The van der Waals surface area contributed by atoms with Gasteiger partial charge in [0.05, 0.1) is 6.42 Å². The monoisotopic (exact) mass is 417 g/mol. The van der Waals surface area contributed by atoms with E-state index < -0.39 is 21.3 Å². The van der Waals surface area contributed by atoms with Gasteiger partial charge in [-0.3, -0.25) is 9.59 Å². The molecule has 7 nitrogen and oxygen atoms in total. The molecule has 28 heavy (non-hydrogen) atoms. The van der Waals surface area contributed by atoms with E-state index in [2.05, 4.69) is 4.85 Å². The molecule has 146 valence electrons. The predicted octanol–water partition coefficient (Wildman–Crippen LogP) is 2.95. The number of amides is 2. The molecule has 0 aliphatic carbocycles. The normalized spacial score (nSPS) is 38.0. The number of fused-ring (bicyclic) bond motifs is 3. The summed E-state index contributed by atoms with van der Waals surface area (Å²) >= 11 is 0. The fourth-order valence-electron chi connectivity index (χ4n) is 4.76. The Labute approximate surface area is 170 Å². The summed E-state index contributed by atoms with van der Waals surface area (Å²) in [5.74, 6) is 1.09. The average molecular weight is 418 g/mol. The Hall–Kier alpha value is -2.05. The van der Waals surface area contributed by atoms with E-state index >= 15 is 0 Å². The molecule has 9 heteroatoms. The van der Waals surface area contributed by atoms with Crippen LogP contribution >= 0.6 is 21.6 Å². The molecule has 5 heterocycles. The summed E-state index contributed by atoms with van der Waals surface area (Å²) in [7, 11) is 4.52. The van der Waals surface area contributed by atoms with Gasteiger partial charge < -0.3 is 24.1 Å². The van der Waals surface area contributed by atoms with Crippen molar-refractivity contribution in [1.82, 2.24) is 9.80 Å². The van der Waals surface area contributed by atoms with Gasteiger partial charge in [-0.1, -0.05) is 21.6 Å². The van der Waals surface area contributed by atoms with E-state index in [1.54, 1.807) is 23.8 Å². The van der Waals surface area contributed by atoms with Crippen molar-refractivity contribution in [1.29, 1.82) is 0 Å². The highest BCUT2D eigenvalue weighted by molar-refractivity contribution is 8.78. The van der Waals surface area contributed by atoms with Crippen LogP contribution in [0, 0.1) is 13.5 Å². The second kappa shape index (κ2) is 5.30. The Balaban J connectivity index is 1.73. The molecule has 0 aromatic heterocycles. The third kappa shape index (κ3) is 1.88. The van der Waals surface area contributed by atoms with Crippen LogP contribution in [-0.4, -0.2) is 50.7 Å². The summed E-state index contributed by atoms with van der Waals surface area (Å²) in [5, 5.41) is 0. The van der Waals surface area contributed by atoms with Gasteiger partial charge in [0.15, 0.2) is 21.2 Å². The van der Waals surface area contributed by atoms with Gasteiger partial charge in [0.1, 0.15) is 6.04 Å². The van der Waals surface area contributed by atoms with Crippen molar-refractivity contribution in [2.45, 2.75) is 48.5 Å². The third-order valence-electron chi connectivity index (χ3n) is 6.32. The molecule has 2 amide bonds. The van der Waals surface area contributed by atoms with Crippen molar-refractivity contribution < 1.29 is 19.1 Å². The molecule has 4 atom stereocenters. The van der Waals surface area contributed by atoms with Crippen molar-refractivity contribution in [2.24, 2.45) is 0 Å². The molecular formula is C19H19N3O4S2. The molecule has 0 radical (unpaired) electrons. The Morgan fingerprint density at radius 3 is 2.68 bits per heavy atom. The molecule has 0 saturated carbocycles. The van der Waals surface area contributed by atoms with Crippen molar-refractivity contribution in [3.63, 3.8) is 0 Å². The maximum Gasteiger partial charge on any atom is 0.262 e. The maximum atomic E-state index is 13.6. The molecule has 1 aromatic rings. The summed E-state index contributed by atoms with van der Waals surface area (Å²) in [6.07, 6.45) is 0.296. The highest BCUT2D eigenvalue weighted by atomic mass is 33.1. The van der Waals surface area contributed by atoms with Gasteiger partial charge in [-0.25, -0.2) is 6.57 Å². The molecule has 6 rings (SSSR count). The number of nitrogens with zero attached hydrogens (tertiary/aromatic N) is 3. The van der Waals surface area contributed by atoms with Crippen LogP contribution in [0.3, 0.4) is 0 Å². The van der Waals surface area contributed by atoms with Crippen LogP contribution in [0.25, 0.3) is 4.85 Å². The number of benzene rings is 1. The van der Waals surface area contributed by atoms with E-state index in [1.165, 1.54) is 21.6 Å². The molecule has 2 bridgehead atoms. The minimum atomic E-state index is -1.05. The second-order valence-corrected chi connectivity index (χ2v) is 10.9. The molecule has 1 unspecified atom stereocenters. The number of ether oxygens (including phenoxy) is 2. The van der Waals surface area contributed by atoms with E-state index in [9.17, 15) is 9.59 Å². The SMILES string of the molecule is [C-]#[N+][C@@]1(C)C[C@@]23SS[C@@](C)(C(=O)N2C1c1cc(C)c2c(c1)OCO2)N(C)C3=O. The minimum absolute atomic E-state index is 0.104. The van der Waals surface area contributed by atoms with E-state index in [0.717, 1.165) is 11.1 Å². The van der Waals surface area contributed by atoms with Crippen LogP contribution in [0.2, 0.25) is 0 Å². The fourth-order valence-corrected chi connectivity index (χ4v) is 8.34. The number of piperazine rings is 1. The number of hydrogen-bond acceptors (Lipinski definition) is 6. The Bertz CT molecular complexity index is 994. The fraction of sp³-hybridized carbons (Fsp3) is 0.526. The topological polar surface area (TPSA) is 63.4 Å². The smallest absolute Gasteiger partial charge is 0.262 e. The first-order valence-corrected chi connectivity index (χ1v) is 11.1. The maximum absolute atomic E-state index is 13.6. The number of likely N-dealkylation sites (N-methyl/N-ethyl adjacent to an activating group) is 1. The lowest BCUT2D eigenvalue weighted by Gasteiger charge is -2.57. The lowest BCUT2D eigenvalue weighted by Crippen LogP contribution is -2.73. The first-order chi connectivity index (χ1) is 13.2. The molecular weight excluding hydrogens is 398 g/mol. The molecule has 0 N–H and O–H groups in total. The zero-order chi connectivity index (χ0) is 20.1. The van der Waals surface area contributed by atoms with Gasteiger partial charge in [-0.05, 0) is 37.1 Å². The predicted molar refractivity (Wildman–Crippen MR) is 106 cm³/mol. The molecule has 1 aromatic carbocycles. The highest BCUT2D eigenvalue weighted by Crippen LogP contribution is 2.68. The lowest BCUT2D eigenvalue weighted by molar-refractivity contribution is -0.164. The molecule has 1 spiro atoms. The number of rotatable bonds is 1.